The number of benzene rings is 3. The monoisotopic (exact) mass is 1650 g/mol. The van der Waals surface area contributed by atoms with E-state index in [1.165, 1.54) is 11.0 Å². The number of aldehydes is 1. The first-order valence-corrected chi connectivity index (χ1v) is 37.6. The van der Waals surface area contributed by atoms with Crippen LogP contribution in [0.3, 0.4) is 0 Å². The molecule has 3 aromatic carbocycles. The van der Waals surface area contributed by atoms with Gasteiger partial charge in [0.15, 0.2) is 0 Å². The van der Waals surface area contributed by atoms with Gasteiger partial charge < -0.3 is 72.3 Å². The molecule has 0 bridgehead atoms. The summed E-state index contributed by atoms with van der Waals surface area (Å²) < 4.78 is 27.8. The first-order valence-electron chi connectivity index (χ1n) is 37.6. The number of carbonyl (C=O) groups is 15. The molecule has 36 heteroatoms. The average Bonchev–Trinajstić information content (AvgIpc) is 1.62. The van der Waals surface area contributed by atoms with E-state index in [1.54, 1.807) is 67.5 Å². The molecule has 35 nitrogen and oxygen atoms in total. The van der Waals surface area contributed by atoms with Crippen molar-refractivity contribution in [1.29, 1.82) is 0 Å². The maximum absolute atomic E-state index is 13.2. The maximum atomic E-state index is 13.2. The SMILES string of the molecule is CN(C[C@@H]1CN(CCCNc2cccc3c2C(=O)N(C2CCC(=O)NC2=O)C3=O)CCO1)C(=O)OC(C)(C)C.CN(C[C@@H]1CNCCO1)C(=O)OC(C)(C)C.CNC[C@@H]1CN(CCCNc2cccc3c2C(=O)N(C2CCC(=O)NC2=O)C3=O)CCO1.O=CCCNc1cccc2c1C(=O)N(C1CCC(=O)NC1=O)C2=O.[CH3-].[Y]. The van der Waals surface area contributed by atoms with Gasteiger partial charge >= 0.3 is 12.2 Å². The Balaban J connectivity index is 0.000000217. The molecule has 0 spiro atoms. The number of hydrogen-bond donors (Lipinski definition) is 8. The molecule has 0 aliphatic carbocycles. The molecule has 0 aromatic heterocycles. The van der Waals surface area contributed by atoms with Gasteiger partial charge in [-0.1, -0.05) is 18.2 Å². The van der Waals surface area contributed by atoms with E-state index >= 15 is 0 Å². The first kappa shape index (κ1) is 91.1. The molecule has 1 radical (unpaired) electrons. The van der Waals surface area contributed by atoms with Crippen molar-refractivity contribution in [2.24, 2.45) is 0 Å². The van der Waals surface area contributed by atoms with Crippen LogP contribution in [0.1, 0.15) is 161 Å². The number of carbonyl (C=O) groups excluding carboxylic acids is 15. The minimum atomic E-state index is -0.994. The molecule has 8 N–H and O–H groups in total. The Labute approximate surface area is 682 Å². The molecule has 6 saturated heterocycles. The smallest absolute Gasteiger partial charge is 0.410 e. The van der Waals surface area contributed by atoms with Gasteiger partial charge in [-0.3, -0.25) is 98.0 Å². The summed E-state index contributed by atoms with van der Waals surface area (Å²) in [5.41, 5.74) is 2.06. The summed E-state index contributed by atoms with van der Waals surface area (Å²) in [5.74, 6) is -6.25. The van der Waals surface area contributed by atoms with Crippen molar-refractivity contribution in [3.63, 3.8) is 0 Å². The van der Waals surface area contributed by atoms with E-state index in [1.807, 2.05) is 48.6 Å². The van der Waals surface area contributed by atoms with Crippen LogP contribution in [0.15, 0.2) is 54.6 Å². The van der Waals surface area contributed by atoms with Crippen LogP contribution in [0.4, 0.5) is 26.7 Å². The number of fused-ring (bicyclic) bond motifs is 3. The molecule has 3 unspecified atom stereocenters. The van der Waals surface area contributed by atoms with Gasteiger partial charge in [-0.05, 0) is 117 Å². The molecule has 613 valence electrons. The predicted octanol–water partition coefficient (Wildman–Crippen LogP) is 2.65. The number of imide groups is 6. The third-order valence-corrected chi connectivity index (χ3v) is 19.2. The van der Waals surface area contributed by atoms with Gasteiger partial charge in [-0.2, -0.15) is 0 Å². The zero-order chi connectivity index (χ0) is 80.4. The number of ether oxygens (including phenoxy) is 5. The molecule has 9 aliphatic heterocycles. The Morgan fingerprint density at radius 2 is 0.885 bits per heavy atom. The van der Waals surface area contributed by atoms with Crippen molar-refractivity contribution in [2.75, 3.05) is 149 Å². The van der Waals surface area contributed by atoms with Gasteiger partial charge in [0.05, 0.1) is 84.6 Å². The van der Waals surface area contributed by atoms with E-state index in [4.69, 9.17) is 23.7 Å². The Bertz CT molecular complexity index is 4010. The summed E-state index contributed by atoms with van der Waals surface area (Å²) in [7, 11) is 5.34. The molecular formula is C77H106N15O20Y-. The van der Waals surface area contributed by atoms with Crippen LogP contribution in [0.5, 0.6) is 0 Å². The van der Waals surface area contributed by atoms with E-state index in [0.717, 1.165) is 92.8 Å². The van der Waals surface area contributed by atoms with E-state index < -0.39 is 94.3 Å². The van der Waals surface area contributed by atoms with Crippen LogP contribution in [-0.4, -0.2) is 304 Å². The van der Waals surface area contributed by atoms with E-state index in [-0.39, 0.29) is 149 Å². The minimum absolute atomic E-state index is 0. The van der Waals surface area contributed by atoms with E-state index in [0.29, 0.717) is 75.1 Å². The number of amides is 14. The predicted molar refractivity (Wildman–Crippen MR) is 408 cm³/mol. The Kier molecular flexibility index (Phi) is 33.7. The van der Waals surface area contributed by atoms with Gasteiger partial charge in [0.2, 0.25) is 35.4 Å². The van der Waals surface area contributed by atoms with Crippen LogP contribution in [0, 0.1) is 7.43 Å². The van der Waals surface area contributed by atoms with Crippen LogP contribution < -0.4 is 42.5 Å². The number of piperidine rings is 3. The summed E-state index contributed by atoms with van der Waals surface area (Å²) in [4.78, 5) is 193. The van der Waals surface area contributed by atoms with Crippen LogP contribution >= 0.6 is 0 Å². The van der Waals surface area contributed by atoms with Gasteiger partial charge in [-0.15, -0.1) is 0 Å². The number of morpholine rings is 3. The topological polar surface area (TPSA) is 421 Å². The van der Waals surface area contributed by atoms with Crippen molar-refractivity contribution in [1.82, 2.24) is 60.9 Å². The number of anilines is 3. The quantitative estimate of drug-likeness (QED) is 0.0293. The molecule has 14 amide bonds. The van der Waals surface area contributed by atoms with Crippen LogP contribution in [0.25, 0.3) is 0 Å². The van der Waals surface area contributed by atoms with Crippen molar-refractivity contribution in [3.8, 4) is 0 Å². The Morgan fingerprint density at radius 3 is 1.24 bits per heavy atom. The van der Waals surface area contributed by atoms with Crippen molar-refractivity contribution >= 4 is 106 Å². The average molecular weight is 1650 g/mol. The molecule has 113 heavy (non-hydrogen) atoms. The van der Waals surface area contributed by atoms with E-state index in [2.05, 4.69) is 52.3 Å². The van der Waals surface area contributed by atoms with Crippen molar-refractivity contribution < 1.29 is 128 Å². The molecule has 0 saturated carbocycles. The summed E-state index contributed by atoms with van der Waals surface area (Å²) in [6.07, 6.45) is 2.75. The Morgan fingerprint density at radius 1 is 0.522 bits per heavy atom. The van der Waals surface area contributed by atoms with Crippen LogP contribution in [-0.2, 0) is 90.0 Å². The van der Waals surface area contributed by atoms with Gasteiger partial charge in [0.25, 0.3) is 35.4 Å². The molecular weight excluding hydrogens is 1540 g/mol. The largest absolute Gasteiger partial charge is 0.444 e. The number of rotatable bonds is 23. The molecule has 6 atom stereocenters. The fourth-order valence-corrected chi connectivity index (χ4v) is 13.9. The normalized spacial score (nSPS) is 21.7. The molecule has 9 aliphatic rings. The summed E-state index contributed by atoms with van der Waals surface area (Å²) in [6, 6.07) is 12.0. The zero-order valence-electron chi connectivity index (χ0n) is 66.0. The third-order valence-electron chi connectivity index (χ3n) is 19.2. The molecule has 12 rings (SSSR count). The molecule has 6 fully saturated rings. The number of nitrogens with zero attached hydrogens (tertiary/aromatic N) is 7. The van der Waals surface area contributed by atoms with Gasteiger partial charge in [0.1, 0.15) is 35.6 Å². The van der Waals surface area contributed by atoms with E-state index in [9.17, 15) is 71.9 Å². The van der Waals surface area contributed by atoms with Crippen molar-refractivity contribution in [2.45, 2.75) is 147 Å². The fourth-order valence-electron chi connectivity index (χ4n) is 13.9. The fraction of sp³-hybridized carbons (Fsp3) is 0.558. The maximum Gasteiger partial charge on any atom is 0.410 e. The van der Waals surface area contributed by atoms with Gasteiger partial charge in [0, 0.05) is 168 Å². The zero-order valence-corrected chi connectivity index (χ0v) is 68.8. The van der Waals surface area contributed by atoms with Gasteiger partial charge in [-0.25, -0.2) is 9.59 Å². The summed E-state index contributed by atoms with van der Waals surface area (Å²) in [5, 5.41) is 22.5. The second-order valence-corrected chi connectivity index (χ2v) is 30.0. The minimum Gasteiger partial charge on any atom is -0.444 e. The second kappa shape index (κ2) is 41.8. The number of nitrogens with one attached hydrogen (secondary N) is 8. The number of likely N-dealkylation sites (N-methyl/N-ethyl adjacent to an activating group) is 3. The summed E-state index contributed by atoms with van der Waals surface area (Å²) in [6.45, 7) is 23.0. The van der Waals surface area contributed by atoms with Crippen molar-refractivity contribution in [3.05, 3.63) is 95.4 Å². The number of hydrogen-bond acceptors (Lipinski definition) is 27. The Hall–Kier alpha value is -9.07. The second-order valence-electron chi connectivity index (χ2n) is 30.0. The summed E-state index contributed by atoms with van der Waals surface area (Å²) >= 11 is 0. The van der Waals surface area contributed by atoms with Crippen LogP contribution in [0.2, 0.25) is 0 Å². The third kappa shape index (κ3) is 24.3. The molecule has 3 aromatic rings. The first-order chi connectivity index (χ1) is 52.9. The molecule has 9 heterocycles. The standard InChI is InChI=1S/C27H37N5O7.C22H29N5O5.C16H15N3O5.C11H22N2O3.CH3.Y/c1-27(2,3)39-26(37)30(4)15-17-16-31(13-14-38-17)12-6-11-28-19-8-5-7-18-22(19)25(36)32(24(18)35)20-9-10-21(33)29-23(20)34;1-23-12-14-13-26(10-11-32-14)9-3-8-24-16-5-2-4-15-19(16)22(31)27(21(15)30)17-6-7-18(28)25-20(17)29;20-8-2-7-17-10-4-1-3-9-13(10)16(24)19(15(9)23)11-5-6-12(21)18-14(11)22;1-11(2,3)16-10(14)13(4)8-9-7-12-5-6-15-9;;/h5,7-8,17,20,28H,6,9-16H2,1-4H3,(H,29,33,34);2,4-5,14,17,23-24H,3,6-13H2,1H3,(H,25,28,29);1,3-4,8,11,17H,2,5-7H2,(H,18,21,22);9,12H,5-8H2,1-4H3;1H3;/q;;;;-1;/t17-,20?;14-,17?;;9-;;/m11.0../s1.